The third kappa shape index (κ3) is 4.35. The number of hydrogen-bond acceptors (Lipinski definition) is 7. The topological polar surface area (TPSA) is 119 Å². The molecule has 0 saturated heterocycles. The number of nitrogens with zero attached hydrogens (tertiary/aromatic N) is 4. The predicted octanol–water partition coefficient (Wildman–Crippen LogP) is 3.39. The van der Waals surface area contributed by atoms with Crippen molar-refractivity contribution in [3.05, 3.63) is 54.4 Å². The van der Waals surface area contributed by atoms with Crippen molar-refractivity contribution in [3.63, 3.8) is 0 Å². The van der Waals surface area contributed by atoms with Gasteiger partial charge in [0.2, 0.25) is 0 Å². The van der Waals surface area contributed by atoms with Crippen LogP contribution in [0.3, 0.4) is 0 Å². The molecule has 1 aromatic carbocycles. The average Bonchev–Trinajstić information content (AvgIpc) is 3.27. The van der Waals surface area contributed by atoms with Gasteiger partial charge in [0.1, 0.15) is 17.3 Å². The van der Waals surface area contributed by atoms with Crippen LogP contribution < -0.4 is 10.5 Å². The number of aromatic nitrogens is 4. The van der Waals surface area contributed by atoms with Crippen LogP contribution in [0.2, 0.25) is 0 Å². The van der Waals surface area contributed by atoms with Gasteiger partial charge in [0.25, 0.3) is 5.91 Å². The summed E-state index contributed by atoms with van der Waals surface area (Å²) < 4.78 is 10.6. The van der Waals surface area contributed by atoms with E-state index in [2.05, 4.69) is 20.2 Å². The Labute approximate surface area is 191 Å². The molecular weight excluding hydrogens is 420 g/mol. The Kier molecular flexibility index (Phi) is 6.50. The molecule has 0 aliphatic carbocycles. The standard InChI is InChI=1S/C24H26N6O3/c1-4-30(9-10-32-2)24(31)19-12-16(13-26-22(19)25)15-11-18-21(28-29-23(18)27-14-15)17-7-5-6-8-20(17)33-3/h5-8,11-14H,4,9-10H2,1-3H3,(H2,25,26)(H,27,28,29). The largest absolute Gasteiger partial charge is 0.496 e. The molecule has 33 heavy (non-hydrogen) atoms. The molecule has 0 atom stereocenters. The zero-order valence-corrected chi connectivity index (χ0v) is 18.8. The molecule has 3 aromatic heterocycles. The SMILES string of the molecule is CCN(CCOC)C(=O)c1cc(-c2cnc3[nH]nc(-c4ccccc4OC)c3c2)cnc1N. The van der Waals surface area contributed by atoms with Gasteiger partial charge in [-0.1, -0.05) is 12.1 Å². The molecule has 3 heterocycles. The lowest BCUT2D eigenvalue weighted by molar-refractivity contribution is 0.0707. The van der Waals surface area contributed by atoms with E-state index in [9.17, 15) is 4.79 Å². The molecular formula is C24H26N6O3. The van der Waals surface area contributed by atoms with E-state index in [1.165, 1.54) is 0 Å². The minimum absolute atomic E-state index is 0.187. The number of likely N-dealkylation sites (N-methyl/N-ethyl adjacent to an activating group) is 1. The number of fused-ring (bicyclic) bond motifs is 1. The number of para-hydroxylation sites is 1. The highest BCUT2D eigenvalue weighted by atomic mass is 16.5. The zero-order chi connectivity index (χ0) is 23.4. The van der Waals surface area contributed by atoms with Gasteiger partial charge in [-0.2, -0.15) is 5.10 Å². The van der Waals surface area contributed by atoms with Gasteiger partial charge in [-0.3, -0.25) is 9.89 Å². The summed E-state index contributed by atoms with van der Waals surface area (Å²) in [4.78, 5) is 23.5. The number of carbonyl (C=O) groups excluding carboxylic acids is 1. The fourth-order valence-corrected chi connectivity index (χ4v) is 3.69. The fourth-order valence-electron chi connectivity index (χ4n) is 3.69. The van der Waals surface area contributed by atoms with Crippen molar-refractivity contribution < 1.29 is 14.3 Å². The maximum absolute atomic E-state index is 13.1. The van der Waals surface area contributed by atoms with Crippen molar-refractivity contribution in [1.29, 1.82) is 0 Å². The number of ether oxygens (including phenoxy) is 2. The molecule has 3 N–H and O–H groups in total. The number of amides is 1. The van der Waals surface area contributed by atoms with E-state index in [0.29, 0.717) is 36.7 Å². The Morgan fingerprint density at radius 2 is 1.88 bits per heavy atom. The van der Waals surface area contributed by atoms with E-state index in [-0.39, 0.29) is 11.7 Å². The maximum atomic E-state index is 13.1. The molecule has 9 heteroatoms. The van der Waals surface area contributed by atoms with Crippen LogP contribution in [-0.2, 0) is 4.74 Å². The Bertz CT molecular complexity index is 1290. The maximum Gasteiger partial charge on any atom is 0.257 e. The number of pyridine rings is 2. The van der Waals surface area contributed by atoms with E-state index in [0.717, 1.165) is 27.8 Å². The molecule has 1 amide bonds. The summed E-state index contributed by atoms with van der Waals surface area (Å²) in [5.41, 5.74) is 10.2. The minimum Gasteiger partial charge on any atom is -0.496 e. The molecule has 4 rings (SSSR count). The number of nitrogens with two attached hydrogens (primary N) is 1. The highest BCUT2D eigenvalue weighted by molar-refractivity contribution is 6.00. The van der Waals surface area contributed by atoms with E-state index in [4.69, 9.17) is 15.2 Å². The monoisotopic (exact) mass is 446 g/mol. The number of methoxy groups -OCH3 is 2. The second kappa shape index (κ2) is 9.66. The molecule has 9 nitrogen and oxygen atoms in total. The summed E-state index contributed by atoms with van der Waals surface area (Å²) in [5, 5.41) is 8.26. The van der Waals surface area contributed by atoms with Gasteiger partial charge in [-0.25, -0.2) is 9.97 Å². The van der Waals surface area contributed by atoms with Gasteiger partial charge in [0.05, 0.1) is 19.3 Å². The summed E-state index contributed by atoms with van der Waals surface area (Å²) >= 11 is 0. The number of nitrogen functional groups attached to an aromatic ring is 1. The number of benzene rings is 1. The highest BCUT2D eigenvalue weighted by Crippen LogP contribution is 2.34. The smallest absolute Gasteiger partial charge is 0.257 e. The van der Waals surface area contributed by atoms with Gasteiger partial charge in [-0.05, 0) is 31.2 Å². The van der Waals surface area contributed by atoms with E-state index in [1.54, 1.807) is 37.6 Å². The average molecular weight is 447 g/mol. The zero-order valence-electron chi connectivity index (χ0n) is 18.8. The number of aromatic amines is 1. The molecule has 0 spiro atoms. The molecule has 0 radical (unpaired) electrons. The normalized spacial score (nSPS) is 11.0. The molecule has 170 valence electrons. The first kappa shape index (κ1) is 22.2. The predicted molar refractivity (Wildman–Crippen MR) is 127 cm³/mol. The summed E-state index contributed by atoms with van der Waals surface area (Å²) in [6, 6.07) is 11.4. The number of H-pyrrole nitrogens is 1. The van der Waals surface area contributed by atoms with Gasteiger partial charge in [-0.15, -0.1) is 0 Å². The van der Waals surface area contributed by atoms with E-state index >= 15 is 0 Å². The molecule has 0 fully saturated rings. The summed E-state index contributed by atoms with van der Waals surface area (Å²) in [5.74, 6) is 0.717. The van der Waals surface area contributed by atoms with Crippen molar-refractivity contribution in [3.8, 4) is 28.1 Å². The van der Waals surface area contributed by atoms with Crippen LogP contribution >= 0.6 is 0 Å². The highest BCUT2D eigenvalue weighted by Gasteiger charge is 2.19. The van der Waals surface area contributed by atoms with Crippen molar-refractivity contribution in [1.82, 2.24) is 25.1 Å². The van der Waals surface area contributed by atoms with Crippen LogP contribution in [0, 0.1) is 0 Å². The van der Waals surface area contributed by atoms with Crippen LogP contribution in [0.1, 0.15) is 17.3 Å². The van der Waals surface area contributed by atoms with Gasteiger partial charge >= 0.3 is 0 Å². The van der Waals surface area contributed by atoms with E-state index in [1.807, 2.05) is 37.3 Å². The van der Waals surface area contributed by atoms with Crippen molar-refractivity contribution in [2.75, 3.05) is 39.6 Å². The Morgan fingerprint density at radius 3 is 2.64 bits per heavy atom. The molecule has 0 aliphatic heterocycles. The Morgan fingerprint density at radius 1 is 1.12 bits per heavy atom. The van der Waals surface area contributed by atoms with Crippen molar-refractivity contribution in [2.24, 2.45) is 0 Å². The lowest BCUT2D eigenvalue weighted by atomic mass is 10.0. The van der Waals surface area contributed by atoms with Gasteiger partial charge in [0, 0.05) is 54.7 Å². The van der Waals surface area contributed by atoms with Crippen LogP contribution in [0.25, 0.3) is 33.4 Å². The molecule has 0 aliphatic rings. The van der Waals surface area contributed by atoms with Crippen molar-refractivity contribution >= 4 is 22.8 Å². The number of carbonyl (C=O) groups is 1. The quantitative estimate of drug-likeness (QED) is 0.426. The Hall–Kier alpha value is -3.98. The molecule has 0 unspecified atom stereocenters. The third-order valence-electron chi connectivity index (χ3n) is 5.50. The lowest BCUT2D eigenvalue weighted by Crippen LogP contribution is -2.34. The lowest BCUT2D eigenvalue weighted by Gasteiger charge is -2.21. The first-order chi connectivity index (χ1) is 16.1. The fraction of sp³-hybridized carbons (Fsp3) is 0.250. The third-order valence-corrected chi connectivity index (χ3v) is 5.50. The molecule has 0 saturated carbocycles. The number of nitrogens with one attached hydrogen (secondary N) is 1. The summed E-state index contributed by atoms with van der Waals surface area (Å²) in [6.45, 7) is 3.37. The minimum atomic E-state index is -0.187. The van der Waals surface area contributed by atoms with Crippen molar-refractivity contribution in [2.45, 2.75) is 6.92 Å². The molecule has 0 bridgehead atoms. The van der Waals surface area contributed by atoms with Crippen LogP contribution in [-0.4, -0.2) is 64.9 Å². The second-order valence-corrected chi connectivity index (χ2v) is 7.43. The molecule has 4 aromatic rings. The first-order valence-electron chi connectivity index (χ1n) is 10.6. The second-order valence-electron chi connectivity index (χ2n) is 7.43. The van der Waals surface area contributed by atoms with Crippen LogP contribution in [0.15, 0.2) is 48.8 Å². The number of rotatable bonds is 8. The Balaban J connectivity index is 1.75. The van der Waals surface area contributed by atoms with E-state index < -0.39 is 0 Å². The van der Waals surface area contributed by atoms with Crippen LogP contribution in [0.5, 0.6) is 5.75 Å². The first-order valence-corrected chi connectivity index (χ1v) is 10.6. The van der Waals surface area contributed by atoms with Crippen LogP contribution in [0.4, 0.5) is 5.82 Å². The summed E-state index contributed by atoms with van der Waals surface area (Å²) in [7, 11) is 3.23. The van der Waals surface area contributed by atoms with Gasteiger partial charge in [0.15, 0.2) is 5.65 Å². The summed E-state index contributed by atoms with van der Waals surface area (Å²) in [6.07, 6.45) is 3.36. The van der Waals surface area contributed by atoms with Gasteiger partial charge < -0.3 is 20.1 Å². The number of hydrogen-bond donors (Lipinski definition) is 2. The number of anilines is 1.